The second kappa shape index (κ2) is 8.21. The lowest BCUT2D eigenvalue weighted by molar-refractivity contribution is -0.147. The van der Waals surface area contributed by atoms with Gasteiger partial charge in [0, 0.05) is 22.3 Å². The highest BCUT2D eigenvalue weighted by atomic mass is 35.5. The lowest BCUT2D eigenvalue weighted by atomic mass is 9.75. The summed E-state index contributed by atoms with van der Waals surface area (Å²) in [6.45, 7) is 9.69. The minimum atomic E-state index is -0.732. The molecule has 1 heterocycles. The standard InChI is InChI=1S/C19H22ClNO4/c1-5-24-18(22)15-11(3)21-12(4)16(19(23)25-6-2)17(15)13-7-9-14(20)10-8-13/h7-10,15,17,21H,3,5-6H2,1-2,4H3. The van der Waals surface area contributed by atoms with Gasteiger partial charge in [0.25, 0.3) is 0 Å². The van der Waals surface area contributed by atoms with E-state index in [0.717, 1.165) is 5.56 Å². The molecule has 1 aliphatic heterocycles. The van der Waals surface area contributed by atoms with Crippen molar-refractivity contribution in [2.45, 2.75) is 26.7 Å². The predicted molar refractivity (Wildman–Crippen MR) is 95.9 cm³/mol. The number of esters is 2. The van der Waals surface area contributed by atoms with Crippen molar-refractivity contribution in [1.82, 2.24) is 5.32 Å². The summed E-state index contributed by atoms with van der Waals surface area (Å²) in [6.07, 6.45) is 0. The van der Waals surface area contributed by atoms with Crippen LogP contribution in [0.4, 0.5) is 0 Å². The molecule has 6 heteroatoms. The Morgan fingerprint density at radius 2 is 1.76 bits per heavy atom. The van der Waals surface area contributed by atoms with Gasteiger partial charge in [0.05, 0.1) is 18.8 Å². The topological polar surface area (TPSA) is 64.6 Å². The molecule has 0 saturated carbocycles. The van der Waals surface area contributed by atoms with Gasteiger partial charge in [-0.2, -0.15) is 0 Å². The van der Waals surface area contributed by atoms with Crippen molar-refractivity contribution in [3.63, 3.8) is 0 Å². The highest BCUT2D eigenvalue weighted by Crippen LogP contribution is 2.41. The number of halogens is 1. The highest BCUT2D eigenvalue weighted by molar-refractivity contribution is 6.30. The van der Waals surface area contributed by atoms with Crippen LogP contribution in [-0.4, -0.2) is 25.2 Å². The maximum Gasteiger partial charge on any atom is 0.336 e. The van der Waals surface area contributed by atoms with Gasteiger partial charge in [0.2, 0.25) is 0 Å². The van der Waals surface area contributed by atoms with E-state index in [4.69, 9.17) is 21.1 Å². The van der Waals surface area contributed by atoms with Crippen molar-refractivity contribution in [2.24, 2.45) is 5.92 Å². The zero-order chi connectivity index (χ0) is 18.6. The van der Waals surface area contributed by atoms with E-state index < -0.39 is 23.8 Å². The first kappa shape index (κ1) is 19.1. The average Bonchev–Trinajstić information content (AvgIpc) is 2.55. The normalized spacial score (nSPS) is 20.1. The number of carbonyl (C=O) groups is 2. The monoisotopic (exact) mass is 363 g/mol. The fraction of sp³-hybridized carbons (Fsp3) is 0.368. The van der Waals surface area contributed by atoms with E-state index in [0.29, 0.717) is 22.0 Å². The first-order valence-electron chi connectivity index (χ1n) is 8.16. The quantitative estimate of drug-likeness (QED) is 0.810. The second-order valence-corrected chi connectivity index (χ2v) is 6.10. The number of hydrogen-bond donors (Lipinski definition) is 1. The van der Waals surface area contributed by atoms with Crippen molar-refractivity contribution in [3.8, 4) is 0 Å². The Hall–Kier alpha value is -2.27. The minimum Gasteiger partial charge on any atom is -0.465 e. The van der Waals surface area contributed by atoms with Crippen LogP contribution in [-0.2, 0) is 19.1 Å². The third kappa shape index (κ3) is 4.04. The van der Waals surface area contributed by atoms with E-state index in [1.54, 1.807) is 45.0 Å². The molecule has 2 rings (SSSR count). The number of allylic oxidation sites excluding steroid dienone is 1. The SMILES string of the molecule is C=C1NC(C)=C(C(=O)OCC)C(c2ccc(Cl)cc2)C1C(=O)OCC. The number of hydrogen-bond acceptors (Lipinski definition) is 5. The number of carbonyl (C=O) groups excluding carboxylic acids is 2. The van der Waals surface area contributed by atoms with Crippen LogP contribution < -0.4 is 5.32 Å². The van der Waals surface area contributed by atoms with Crippen molar-refractivity contribution in [1.29, 1.82) is 0 Å². The first-order chi connectivity index (χ1) is 11.9. The summed E-state index contributed by atoms with van der Waals surface area (Å²) in [7, 11) is 0. The van der Waals surface area contributed by atoms with E-state index >= 15 is 0 Å². The van der Waals surface area contributed by atoms with E-state index in [1.807, 2.05) is 0 Å². The molecule has 0 aromatic heterocycles. The van der Waals surface area contributed by atoms with E-state index in [2.05, 4.69) is 11.9 Å². The molecular formula is C19H22ClNO4. The molecule has 0 spiro atoms. The third-order valence-electron chi connectivity index (χ3n) is 4.04. The van der Waals surface area contributed by atoms with Crippen LogP contribution in [0.25, 0.3) is 0 Å². The molecule has 0 fully saturated rings. The van der Waals surface area contributed by atoms with Crippen molar-refractivity contribution < 1.29 is 19.1 Å². The highest BCUT2D eigenvalue weighted by Gasteiger charge is 2.42. The van der Waals surface area contributed by atoms with E-state index in [1.165, 1.54) is 0 Å². The first-order valence-corrected chi connectivity index (χ1v) is 8.54. The molecule has 0 amide bonds. The van der Waals surface area contributed by atoms with Gasteiger partial charge in [0.15, 0.2) is 0 Å². The molecule has 0 bridgehead atoms. The molecule has 1 aromatic carbocycles. The average molecular weight is 364 g/mol. The molecule has 2 atom stereocenters. The van der Waals surface area contributed by atoms with E-state index in [-0.39, 0.29) is 13.2 Å². The lowest BCUT2D eigenvalue weighted by Gasteiger charge is -2.35. The lowest BCUT2D eigenvalue weighted by Crippen LogP contribution is -2.39. The van der Waals surface area contributed by atoms with Crippen LogP contribution in [0.2, 0.25) is 5.02 Å². The van der Waals surface area contributed by atoms with Crippen LogP contribution >= 0.6 is 11.6 Å². The Labute approximate surface area is 152 Å². The molecule has 0 saturated heterocycles. The summed E-state index contributed by atoms with van der Waals surface area (Å²) in [5.41, 5.74) is 2.27. The van der Waals surface area contributed by atoms with Crippen LogP contribution in [0.5, 0.6) is 0 Å². The molecule has 2 unspecified atom stereocenters. The summed E-state index contributed by atoms with van der Waals surface area (Å²) >= 11 is 5.98. The maximum atomic E-state index is 12.6. The number of nitrogens with one attached hydrogen (secondary N) is 1. The Morgan fingerprint density at radius 1 is 1.16 bits per heavy atom. The molecule has 0 aliphatic carbocycles. The van der Waals surface area contributed by atoms with Gasteiger partial charge < -0.3 is 14.8 Å². The molecule has 1 aliphatic rings. The summed E-state index contributed by atoms with van der Waals surface area (Å²) in [5, 5.41) is 3.60. The van der Waals surface area contributed by atoms with Crippen LogP contribution in [0.1, 0.15) is 32.3 Å². The van der Waals surface area contributed by atoms with Gasteiger partial charge in [-0.15, -0.1) is 0 Å². The largest absolute Gasteiger partial charge is 0.465 e. The Balaban J connectivity index is 2.59. The number of rotatable bonds is 5. The smallest absolute Gasteiger partial charge is 0.336 e. The Bertz CT molecular complexity index is 709. The van der Waals surface area contributed by atoms with Crippen molar-refractivity contribution in [3.05, 3.63) is 58.4 Å². The van der Waals surface area contributed by atoms with Crippen molar-refractivity contribution >= 4 is 23.5 Å². The van der Waals surface area contributed by atoms with E-state index in [9.17, 15) is 9.59 Å². The Morgan fingerprint density at radius 3 is 2.32 bits per heavy atom. The summed E-state index contributed by atoms with van der Waals surface area (Å²) in [4.78, 5) is 25.1. The molecule has 0 radical (unpaired) electrons. The van der Waals surface area contributed by atoms with Gasteiger partial charge in [-0.05, 0) is 38.5 Å². The third-order valence-corrected chi connectivity index (χ3v) is 4.29. The van der Waals surface area contributed by atoms with Gasteiger partial charge in [-0.25, -0.2) is 4.79 Å². The van der Waals surface area contributed by atoms with Gasteiger partial charge in [-0.1, -0.05) is 30.3 Å². The fourth-order valence-electron chi connectivity index (χ4n) is 3.02. The van der Waals surface area contributed by atoms with Gasteiger partial charge in [-0.3, -0.25) is 4.79 Å². The zero-order valence-electron chi connectivity index (χ0n) is 14.6. The minimum absolute atomic E-state index is 0.243. The Kier molecular flexibility index (Phi) is 6.26. The van der Waals surface area contributed by atoms with Crippen LogP contribution in [0, 0.1) is 5.92 Å². The zero-order valence-corrected chi connectivity index (χ0v) is 15.4. The summed E-state index contributed by atoms with van der Waals surface area (Å²) < 4.78 is 10.4. The van der Waals surface area contributed by atoms with Gasteiger partial charge in [0.1, 0.15) is 5.92 Å². The molecular weight excluding hydrogens is 342 g/mol. The van der Waals surface area contributed by atoms with Crippen LogP contribution in [0.15, 0.2) is 47.8 Å². The van der Waals surface area contributed by atoms with Gasteiger partial charge >= 0.3 is 11.9 Å². The fourth-order valence-corrected chi connectivity index (χ4v) is 3.14. The summed E-state index contributed by atoms with van der Waals surface area (Å²) in [5.74, 6) is -2.18. The van der Waals surface area contributed by atoms with Crippen molar-refractivity contribution in [2.75, 3.05) is 13.2 Å². The molecule has 1 N–H and O–H groups in total. The molecule has 1 aromatic rings. The number of benzene rings is 1. The maximum absolute atomic E-state index is 12.6. The second-order valence-electron chi connectivity index (χ2n) is 5.67. The molecule has 5 nitrogen and oxygen atoms in total. The molecule has 134 valence electrons. The number of ether oxygens (including phenoxy) is 2. The van der Waals surface area contributed by atoms with Crippen LogP contribution in [0.3, 0.4) is 0 Å². The summed E-state index contributed by atoms with van der Waals surface area (Å²) in [6, 6.07) is 7.04. The predicted octanol–water partition coefficient (Wildman–Crippen LogP) is 3.56. The molecule has 25 heavy (non-hydrogen) atoms.